The highest BCUT2D eigenvalue weighted by atomic mass is 79.9. The molecule has 1 saturated carbocycles. The molecule has 88 valence electrons. The molecule has 0 bridgehead atoms. The van der Waals surface area contributed by atoms with Gasteiger partial charge in [0, 0.05) is 22.1 Å². The Balaban J connectivity index is 2.06. The Kier molecular flexibility index (Phi) is 3.55. The maximum atomic E-state index is 9.81. The lowest BCUT2D eigenvalue weighted by molar-refractivity contribution is 0.416. The Morgan fingerprint density at radius 3 is 2.69 bits per heavy atom. The Hall–Kier alpha value is -0.540. The third kappa shape index (κ3) is 2.77. The fourth-order valence-corrected chi connectivity index (χ4v) is 2.47. The highest BCUT2D eigenvalue weighted by molar-refractivity contribution is 9.10. The summed E-state index contributed by atoms with van der Waals surface area (Å²) in [5, 5.41) is 13.4. The molecule has 2 atom stereocenters. The van der Waals surface area contributed by atoms with Gasteiger partial charge in [-0.2, -0.15) is 0 Å². The number of benzene rings is 1. The molecule has 2 rings (SSSR count). The minimum Gasteiger partial charge on any atom is -0.508 e. The van der Waals surface area contributed by atoms with Gasteiger partial charge in [-0.05, 0) is 50.8 Å². The summed E-state index contributed by atoms with van der Waals surface area (Å²) >= 11 is 3.43. The van der Waals surface area contributed by atoms with E-state index in [2.05, 4.69) is 35.1 Å². The molecule has 0 aromatic heterocycles. The van der Waals surface area contributed by atoms with Gasteiger partial charge in [-0.25, -0.2) is 0 Å². The first kappa shape index (κ1) is 11.9. The van der Waals surface area contributed by atoms with Gasteiger partial charge < -0.3 is 10.4 Å². The van der Waals surface area contributed by atoms with Crippen LogP contribution in [0.1, 0.15) is 38.3 Å². The van der Waals surface area contributed by atoms with Crippen LogP contribution in [0.4, 0.5) is 0 Å². The number of phenols is 1. The van der Waals surface area contributed by atoms with Crippen molar-refractivity contribution in [1.29, 1.82) is 0 Å². The summed E-state index contributed by atoms with van der Waals surface area (Å²) in [6.45, 7) is 4.32. The van der Waals surface area contributed by atoms with Crippen LogP contribution < -0.4 is 5.32 Å². The van der Waals surface area contributed by atoms with Gasteiger partial charge >= 0.3 is 0 Å². The van der Waals surface area contributed by atoms with E-state index in [-0.39, 0.29) is 6.04 Å². The van der Waals surface area contributed by atoms with Gasteiger partial charge in [0.05, 0.1) is 0 Å². The van der Waals surface area contributed by atoms with Gasteiger partial charge in [0.2, 0.25) is 0 Å². The normalized spacial score (nSPS) is 19.4. The summed E-state index contributed by atoms with van der Waals surface area (Å²) in [5.74, 6) is 1.20. The minimum absolute atomic E-state index is 0.188. The second-order valence-corrected chi connectivity index (χ2v) is 5.63. The van der Waals surface area contributed by atoms with E-state index in [9.17, 15) is 5.11 Å². The van der Waals surface area contributed by atoms with Crippen LogP contribution in [0.3, 0.4) is 0 Å². The fourth-order valence-electron chi connectivity index (χ4n) is 2.09. The molecule has 1 aromatic rings. The minimum atomic E-state index is 0.188. The van der Waals surface area contributed by atoms with E-state index in [1.165, 1.54) is 12.8 Å². The Labute approximate surface area is 105 Å². The van der Waals surface area contributed by atoms with Crippen molar-refractivity contribution in [3.8, 4) is 5.75 Å². The molecule has 1 aliphatic carbocycles. The van der Waals surface area contributed by atoms with Crippen molar-refractivity contribution in [2.24, 2.45) is 5.92 Å². The number of aromatic hydroxyl groups is 1. The molecule has 0 amide bonds. The van der Waals surface area contributed by atoms with E-state index in [1.807, 2.05) is 12.1 Å². The second kappa shape index (κ2) is 4.76. The topological polar surface area (TPSA) is 32.3 Å². The number of nitrogens with one attached hydrogen (secondary N) is 1. The molecular weight excluding hydrogens is 266 g/mol. The largest absolute Gasteiger partial charge is 0.508 e. The predicted octanol–water partition coefficient (Wildman–Crippen LogP) is 3.60. The van der Waals surface area contributed by atoms with Gasteiger partial charge in [-0.1, -0.05) is 15.9 Å². The number of rotatable bonds is 4. The summed E-state index contributed by atoms with van der Waals surface area (Å²) in [7, 11) is 0. The molecule has 2 unspecified atom stereocenters. The van der Waals surface area contributed by atoms with Crippen molar-refractivity contribution in [3.05, 3.63) is 28.2 Å². The van der Waals surface area contributed by atoms with Crippen LogP contribution in [0.25, 0.3) is 0 Å². The molecule has 0 heterocycles. The van der Waals surface area contributed by atoms with Crippen molar-refractivity contribution in [1.82, 2.24) is 5.32 Å². The van der Waals surface area contributed by atoms with Gasteiger partial charge in [-0.15, -0.1) is 0 Å². The molecule has 0 aliphatic heterocycles. The average Bonchev–Trinajstić information content (AvgIpc) is 3.04. The maximum absolute atomic E-state index is 9.81. The summed E-state index contributed by atoms with van der Waals surface area (Å²) in [6, 6.07) is 6.29. The summed E-state index contributed by atoms with van der Waals surface area (Å²) in [6.07, 6.45) is 2.68. The van der Waals surface area contributed by atoms with Crippen LogP contribution >= 0.6 is 15.9 Å². The Morgan fingerprint density at radius 2 is 2.06 bits per heavy atom. The zero-order valence-electron chi connectivity index (χ0n) is 9.70. The first-order valence-electron chi connectivity index (χ1n) is 5.82. The molecule has 2 nitrogen and oxygen atoms in total. The quantitative estimate of drug-likeness (QED) is 0.885. The Morgan fingerprint density at radius 1 is 1.38 bits per heavy atom. The number of hydrogen-bond donors (Lipinski definition) is 2. The SMILES string of the molecule is CC(NC(C)C1CC1)c1cc(Br)ccc1O. The average molecular weight is 284 g/mol. The lowest BCUT2D eigenvalue weighted by Crippen LogP contribution is -2.30. The third-order valence-corrected chi connectivity index (χ3v) is 3.79. The number of hydrogen-bond acceptors (Lipinski definition) is 2. The molecule has 2 N–H and O–H groups in total. The van der Waals surface area contributed by atoms with E-state index in [0.29, 0.717) is 11.8 Å². The van der Waals surface area contributed by atoms with Crippen molar-refractivity contribution in [2.45, 2.75) is 38.8 Å². The van der Waals surface area contributed by atoms with Crippen molar-refractivity contribution >= 4 is 15.9 Å². The van der Waals surface area contributed by atoms with Crippen molar-refractivity contribution in [3.63, 3.8) is 0 Å². The van der Waals surface area contributed by atoms with Gasteiger partial charge in [0.15, 0.2) is 0 Å². The van der Waals surface area contributed by atoms with Gasteiger partial charge in [0.25, 0.3) is 0 Å². The van der Waals surface area contributed by atoms with E-state index in [0.717, 1.165) is 16.0 Å². The summed E-state index contributed by atoms with van der Waals surface area (Å²) in [5.41, 5.74) is 0.960. The summed E-state index contributed by atoms with van der Waals surface area (Å²) in [4.78, 5) is 0. The van der Waals surface area contributed by atoms with E-state index in [1.54, 1.807) is 6.07 Å². The second-order valence-electron chi connectivity index (χ2n) is 4.72. The monoisotopic (exact) mass is 283 g/mol. The molecule has 1 fully saturated rings. The molecule has 0 saturated heterocycles. The molecular formula is C13H18BrNO. The zero-order valence-corrected chi connectivity index (χ0v) is 11.3. The van der Waals surface area contributed by atoms with Gasteiger partial charge in [0.1, 0.15) is 5.75 Å². The van der Waals surface area contributed by atoms with E-state index in [4.69, 9.17) is 0 Å². The van der Waals surface area contributed by atoms with Crippen LogP contribution in [0.5, 0.6) is 5.75 Å². The first-order chi connectivity index (χ1) is 7.58. The van der Waals surface area contributed by atoms with E-state index >= 15 is 0 Å². The van der Waals surface area contributed by atoms with Crippen molar-refractivity contribution in [2.75, 3.05) is 0 Å². The molecule has 1 aromatic carbocycles. The Bertz CT molecular complexity index is 376. The predicted molar refractivity (Wildman–Crippen MR) is 69.5 cm³/mol. The van der Waals surface area contributed by atoms with Crippen LogP contribution in [-0.4, -0.2) is 11.1 Å². The van der Waals surface area contributed by atoms with Crippen LogP contribution in [0, 0.1) is 5.92 Å². The maximum Gasteiger partial charge on any atom is 0.120 e. The molecule has 3 heteroatoms. The molecule has 0 radical (unpaired) electrons. The van der Waals surface area contributed by atoms with Crippen LogP contribution in [0.2, 0.25) is 0 Å². The fraction of sp³-hybridized carbons (Fsp3) is 0.538. The number of phenolic OH excluding ortho intramolecular Hbond substituents is 1. The highest BCUT2D eigenvalue weighted by Gasteiger charge is 2.29. The first-order valence-corrected chi connectivity index (χ1v) is 6.61. The highest BCUT2D eigenvalue weighted by Crippen LogP contribution is 2.34. The number of halogens is 1. The summed E-state index contributed by atoms with van der Waals surface area (Å²) < 4.78 is 1.01. The van der Waals surface area contributed by atoms with Crippen molar-refractivity contribution < 1.29 is 5.11 Å². The third-order valence-electron chi connectivity index (χ3n) is 3.30. The smallest absolute Gasteiger partial charge is 0.120 e. The zero-order chi connectivity index (χ0) is 11.7. The molecule has 1 aliphatic rings. The van der Waals surface area contributed by atoms with Crippen LogP contribution in [-0.2, 0) is 0 Å². The lowest BCUT2D eigenvalue weighted by atomic mass is 10.1. The molecule has 16 heavy (non-hydrogen) atoms. The lowest BCUT2D eigenvalue weighted by Gasteiger charge is -2.21. The molecule has 0 spiro atoms. The van der Waals surface area contributed by atoms with Crippen LogP contribution in [0.15, 0.2) is 22.7 Å². The standard InChI is InChI=1S/C13H18BrNO/c1-8(10-3-4-10)15-9(2)12-7-11(14)5-6-13(12)16/h5-10,15-16H,3-4H2,1-2H3. The van der Waals surface area contributed by atoms with Gasteiger partial charge in [-0.3, -0.25) is 0 Å². The van der Waals surface area contributed by atoms with E-state index < -0.39 is 0 Å².